The molecule has 1 aliphatic heterocycles. The van der Waals surface area contributed by atoms with Gasteiger partial charge in [-0.3, -0.25) is 9.59 Å². The van der Waals surface area contributed by atoms with Crippen molar-refractivity contribution in [3.8, 4) is 0 Å². The number of aryl methyl sites for hydroxylation is 2. The van der Waals surface area contributed by atoms with Gasteiger partial charge in [-0.25, -0.2) is 0 Å². The molecule has 4 nitrogen and oxygen atoms in total. The summed E-state index contributed by atoms with van der Waals surface area (Å²) >= 11 is 1.60. The summed E-state index contributed by atoms with van der Waals surface area (Å²) in [6.07, 6.45) is 7.96. The second-order valence-corrected chi connectivity index (χ2v) is 7.48. The first kappa shape index (κ1) is 15.5. The summed E-state index contributed by atoms with van der Waals surface area (Å²) in [5, 5.41) is 2.88. The number of piperidine rings is 1. The zero-order valence-electron chi connectivity index (χ0n) is 13.2. The number of amides is 2. The third-order valence-electron chi connectivity index (χ3n) is 4.61. The molecule has 0 saturated carbocycles. The minimum absolute atomic E-state index is 0.0503. The molecule has 1 aromatic heterocycles. The lowest BCUT2D eigenvalue weighted by molar-refractivity contribution is -0.133. The average Bonchev–Trinajstić information content (AvgIpc) is 2.99. The van der Waals surface area contributed by atoms with E-state index in [1.54, 1.807) is 18.3 Å². The van der Waals surface area contributed by atoms with Crippen LogP contribution in [-0.2, 0) is 17.6 Å². The standard InChI is InChI=1S/C17H24N2O2S/c1-12(17(21)19-9-5-2-6-10-19)18-16(20)15-11-13-7-3-4-8-14(13)22-15/h11-12H,2-10H2,1H3,(H,18,20). The van der Waals surface area contributed by atoms with Gasteiger partial charge in [0.25, 0.3) is 5.91 Å². The molecule has 1 atom stereocenters. The topological polar surface area (TPSA) is 49.4 Å². The number of thiophene rings is 1. The lowest BCUT2D eigenvalue weighted by atomic mass is 9.99. The molecule has 1 aliphatic carbocycles. The number of likely N-dealkylation sites (tertiary alicyclic amines) is 1. The van der Waals surface area contributed by atoms with E-state index in [2.05, 4.69) is 5.32 Å². The Morgan fingerprint density at radius 2 is 1.86 bits per heavy atom. The summed E-state index contributed by atoms with van der Waals surface area (Å²) < 4.78 is 0. The van der Waals surface area contributed by atoms with Crippen molar-refractivity contribution < 1.29 is 9.59 Å². The summed E-state index contributed by atoms with van der Waals surface area (Å²) in [5.41, 5.74) is 1.33. The summed E-state index contributed by atoms with van der Waals surface area (Å²) in [7, 11) is 0. The number of fused-ring (bicyclic) bond motifs is 1. The average molecular weight is 320 g/mol. The van der Waals surface area contributed by atoms with Crippen LogP contribution in [0.5, 0.6) is 0 Å². The first-order valence-corrected chi connectivity index (χ1v) is 9.18. The van der Waals surface area contributed by atoms with E-state index in [0.29, 0.717) is 0 Å². The first-order valence-electron chi connectivity index (χ1n) is 8.36. The lowest BCUT2D eigenvalue weighted by Crippen LogP contribution is -2.48. The Morgan fingerprint density at radius 3 is 2.59 bits per heavy atom. The summed E-state index contributed by atoms with van der Waals surface area (Å²) in [4.78, 5) is 28.8. The maximum absolute atomic E-state index is 12.4. The van der Waals surface area contributed by atoms with E-state index in [1.165, 1.54) is 29.7 Å². The van der Waals surface area contributed by atoms with Crippen LogP contribution in [0.2, 0.25) is 0 Å². The maximum Gasteiger partial charge on any atom is 0.262 e. The van der Waals surface area contributed by atoms with Crippen LogP contribution in [0.3, 0.4) is 0 Å². The van der Waals surface area contributed by atoms with Gasteiger partial charge in [-0.2, -0.15) is 0 Å². The van der Waals surface area contributed by atoms with Crippen LogP contribution in [-0.4, -0.2) is 35.8 Å². The second-order valence-electron chi connectivity index (χ2n) is 6.35. The lowest BCUT2D eigenvalue weighted by Gasteiger charge is -2.29. The van der Waals surface area contributed by atoms with Crippen molar-refractivity contribution in [1.82, 2.24) is 10.2 Å². The molecule has 0 aromatic carbocycles. The zero-order valence-corrected chi connectivity index (χ0v) is 14.0. The molecule has 2 aliphatic rings. The van der Waals surface area contributed by atoms with Crippen LogP contribution in [0, 0.1) is 0 Å². The minimum Gasteiger partial charge on any atom is -0.341 e. The third kappa shape index (κ3) is 3.35. The highest BCUT2D eigenvalue weighted by atomic mass is 32.1. The van der Waals surface area contributed by atoms with Crippen LogP contribution < -0.4 is 5.32 Å². The van der Waals surface area contributed by atoms with E-state index in [1.807, 2.05) is 11.0 Å². The van der Waals surface area contributed by atoms with Crippen molar-refractivity contribution in [3.05, 3.63) is 21.4 Å². The molecule has 120 valence electrons. The first-order chi connectivity index (χ1) is 10.6. The van der Waals surface area contributed by atoms with Gasteiger partial charge in [0, 0.05) is 18.0 Å². The normalized spacial score (nSPS) is 19.4. The summed E-state index contributed by atoms with van der Waals surface area (Å²) in [6.45, 7) is 3.45. The van der Waals surface area contributed by atoms with Crippen molar-refractivity contribution in [2.75, 3.05) is 13.1 Å². The quantitative estimate of drug-likeness (QED) is 0.931. The van der Waals surface area contributed by atoms with Crippen molar-refractivity contribution in [2.24, 2.45) is 0 Å². The zero-order chi connectivity index (χ0) is 15.5. The Kier molecular flexibility index (Phi) is 4.81. The highest BCUT2D eigenvalue weighted by Crippen LogP contribution is 2.29. The van der Waals surface area contributed by atoms with Crippen LogP contribution in [0.25, 0.3) is 0 Å². The third-order valence-corrected chi connectivity index (χ3v) is 5.84. The van der Waals surface area contributed by atoms with Gasteiger partial charge in [0.2, 0.25) is 5.91 Å². The number of carbonyl (C=O) groups excluding carboxylic acids is 2. The Balaban J connectivity index is 1.60. The molecule has 1 saturated heterocycles. The van der Waals surface area contributed by atoms with Gasteiger partial charge < -0.3 is 10.2 Å². The molecule has 22 heavy (non-hydrogen) atoms. The predicted octanol–water partition coefficient (Wildman–Crippen LogP) is 2.76. The fraction of sp³-hybridized carbons (Fsp3) is 0.647. The molecule has 3 rings (SSSR count). The molecule has 0 bridgehead atoms. The maximum atomic E-state index is 12.4. The molecular formula is C17H24N2O2S. The molecule has 1 aromatic rings. The van der Waals surface area contributed by atoms with Gasteiger partial charge >= 0.3 is 0 Å². The highest BCUT2D eigenvalue weighted by molar-refractivity contribution is 7.14. The Morgan fingerprint density at radius 1 is 1.14 bits per heavy atom. The van der Waals surface area contributed by atoms with Gasteiger partial charge in [0.05, 0.1) is 4.88 Å². The van der Waals surface area contributed by atoms with Crippen LogP contribution in [0.15, 0.2) is 6.07 Å². The smallest absolute Gasteiger partial charge is 0.262 e. The Labute approximate surface area is 135 Å². The number of hydrogen-bond acceptors (Lipinski definition) is 3. The van der Waals surface area contributed by atoms with Gasteiger partial charge in [-0.05, 0) is 63.5 Å². The SMILES string of the molecule is CC(NC(=O)c1cc2c(s1)CCCC2)C(=O)N1CCCCC1. The monoisotopic (exact) mass is 320 g/mol. The van der Waals surface area contributed by atoms with Crippen molar-refractivity contribution in [3.63, 3.8) is 0 Å². The summed E-state index contributed by atoms with van der Waals surface area (Å²) in [6, 6.07) is 1.58. The largest absolute Gasteiger partial charge is 0.341 e. The minimum atomic E-state index is -0.440. The molecule has 1 N–H and O–H groups in total. The molecule has 0 spiro atoms. The van der Waals surface area contributed by atoms with Crippen LogP contribution in [0.1, 0.15) is 59.1 Å². The fourth-order valence-electron chi connectivity index (χ4n) is 3.32. The molecule has 5 heteroatoms. The molecule has 2 heterocycles. The van der Waals surface area contributed by atoms with Crippen LogP contribution in [0.4, 0.5) is 0 Å². The van der Waals surface area contributed by atoms with E-state index in [-0.39, 0.29) is 11.8 Å². The summed E-state index contributed by atoms with van der Waals surface area (Å²) in [5.74, 6) is -0.0494. The number of nitrogens with zero attached hydrogens (tertiary/aromatic N) is 1. The van der Waals surface area contributed by atoms with Gasteiger partial charge in [-0.1, -0.05) is 0 Å². The molecule has 1 unspecified atom stereocenters. The number of carbonyl (C=O) groups is 2. The van der Waals surface area contributed by atoms with E-state index >= 15 is 0 Å². The number of rotatable bonds is 3. The molecule has 0 radical (unpaired) electrons. The van der Waals surface area contributed by atoms with E-state index in [0.717, 1.165) is 43.6 Å². The molecular weight excluding hydrogens is 296 g/mol. The van der Waals surface area contributed by atoms with E-state index in [4.69, 9.17) is 0 Å². The number of nitrogens with one attached hydrogen (secondary N) is 1. The highest BCUT2D eigenvalue weighted by Gasteiger charge is 2.25. The predicted molar refractivity (Wildman–Crippen MR) is 88.3 cm³/mol. The van der Waals surface area contributed by atoms with Gasteiger partial charge in [-0.15, -0.1) is 11.3 Å². The van der Waals surface area contributed by atoms with Crippen molar-refractivity contribution in [1.29, 1.82) is 0 Å². The van der Waals surface area contributed by atoms with E-state index < -0.39 is 6.04 Å². The molecule has 2 amide bonds. The Bertz CT molecular complexity index is 538. The van der Waals surface area contributed by atoms with Gasteiger partial charge in [0.1, 0.15) is 6.04 Å². The van der Waals surface area contributed by atoms with Crippen LogP contribution >= 0.6 is 11.3 Å². The number of hydrogen-bond donors (Lipinski definition) is 1. The Hall–Kier alpha value is -1.36. The van der Waals surface area contributed by atoms with E-state index in [9.17, 15) is 9.59 Å². The second kappa shape index (κ2) is 6.82. The fourth-order valence-corrected chi connectivity index (χ4v) is 4.48. The van der Waals surface area contributed by atoms with Crippen molar-refractivity contribution in [2.45, 2.75) is 57.9 Å². The molecule has 1 fully saturated rings. The van der Waals surface area contributed by atoms with Crippen molar-refractivity contribution >= 4 is 23.2 Å². The van der Waals surface area contributed by atoms with Gasteiger partial charge in [0.15, 0.2) is 0 Å².